The van der Waals surface area contributed by atoms with Gasteiger partial charge in [0.05, 0.1) is 18.2 Å². The average Bonchev–Trinajstić information content (AvgIpc) is 2.36. The molecule has 54 valence electrons. The molecular weight excluding hydrogens is 128 g/mol. The molecule has 0 spiro atoms. The van der Waals surface area contributed by atoms with Crippen molar-refractivity contribution in [2.24, 2.45) is 0 Å². The van der Waals surface area contributed by atoms with Gasteiger partial charge < -0.3 is 9.67 Å². The van der Waals surface area contributed by atoms with Crippen molar-refractivity contribution in [3.05, 3.63) is 18.2 Å². The Bertz CT molecular complexity index is 252. The van der Waals surface area contributed by atoms with E-state index < -0.39 is 5.60 Å². The molecule has 1 atom stereocenters. The summed E-state index contributed by atoms with van der Waals surface area (Å²) in [6.07, 6.45) is 4.30. The van der Waals surface area contributed by atoms with E-state index in [-0.39, 0.29) is 0 Å². The van der Waals surface area contributed by atoms with Gasteiger partial charge in [-0.25, -0.2) is 4.98 Å². The molecule has 0 radical (unpaired) electrons. The van der Waals surface area contributed by atoms with Gasteiger partial charge in [-0.3, -0.25) is 0 Å². The van der Waals surface area contributed by atoms with Crippen molar-refractivity contribution in [3.63, 3.8) is 0 Å². The first-order chi connectivity index (χ1) is 4.70. The first kappa shape index (κ1) is 5.92. The monoisotopic (exact) mass is 138 g/mol. The Balaban J connectivity index is 2.54. The second kappa shape index (κ2) is 1.61. The number of aliphatic hydroxyl groups is 1. The topological polar surface area (TPSA) is 38.0 Å². The van der Waals surface area contributed by atoms with E-state index in [9.17, 15) is 5.11 Å². The normalized spacial score (nSPS) is 30.6. The van der Waals surface area contributed by atoms with Crippen LogP contribution in [0, 0.1) is 0 Å². The Hall–Kier alpha value is -0.830. The number of aromatic nitrogens is 2. The van der Waals surface area contributed by atoms with Crippen molar-refractivity contribution >= 4 is 0 Å². The lowest BCUT2D eigenvalue weighted by molar-refractivity contribution is 0.0590. The molecule has 1 unspecified atom stereocenters. The molecule has 0 saturated carbocycles. The predicted octanol–water partition coefficient (Wildman–Crippen LogP) is 0.494. The van der Waals surface area contributed by atoms with Gasteiger partial charge in [-0.05, 0) is 13.3 Å². The van der Waals surface area contributed by atoms with Crippen molar-refractivity contribution in [3.8, 4) is 0 Å². The van der Waals surface area contributed by atoms with Gasteiger partial charge in [0.15, 0.2) is 0 Å². The lowest BCUT2D eigenvalue weighted by Gasteiger charge is -2.13. The summed E-state index contributed by atoms with van der Waals surface area (Å²) in [4.78, 5) is 3.94. The minimum Gasteiger partial charge on any atom is -0.384 e. The fourth-order valence-corrected chi connectivity index (χ4v) is 1.41. The molecule has 3 heteroatoms. The molecule has 0 aliphatic carbocycles. The number of nitrogens with zero attached hydrogens (tertiary/aromatic N) is 2. The summed E-state index contributed by atoms with van der Waals surface area (Å²) in [5, 5.41) is 9.67. The first-order valence-corrected chi connectivity index (χ1v) is 3.43. The summed E-state index contributed by atoms with van der Waals surface area (Å²) >= 11 is 0. The largest absolute Gasteiger partial charge is 0.384 e. The predicted molar refractivity (Wildman–Crippen MR) is 36.4 cm³/mol. The van der Waals surface area contributed by atoms with Gasteiger partial charge >= 0.3 is 0 Å². The molecule has 10 heavy (non-hydrogen) atoms. The highest BCUT2D eigenvalue weighted by Gasteiger charge is 2.31. The number of fused-ring (bicyclic) bond motifs is 1. The van der Waals surface area contributed by atoms with Crippen molar-refractivity contribution in [1.29, 1.82) is 0 Å². The van der Waals surface area contributed by atoms with Gasteiger partial charge in [-0.1, -0.05) is 0 Å². The van der Waals surface area contributed by atoms with Crippen LogP contribution in [0.3, 0.4) is 0 Å². The van der Waals surface area contributed by atoms with Crippen molar-refractivity contribution in [2.75, 3.05) is 0 Å². The maximum absolute atomic E-state index is 9.67. The Labute approximate surface area is 59.3 Å². The summed E-state index contributed by atoms with van der Waals surface area (Å²) in [6.45, 7) is 2.72. The Morgan fingerprint density at radius 1 is 1.80 bits per heavy atom. The lowest BCUT2D eigenvalue weighted by Crippen LogP contribution is -2.16. The molecule has 1 aliphatic rings. The van der Waals surface area contributed by atoms with Crippen LogP contribution < -0.4 is 0 Å². The molecular formula is C7H10N2O. The molecule has 2 rings (SSSR count). The molecule has 0 saturated heterocycles. The number of imidazole rings is 1. The molecule has 1 aromatic heterocycles. The smallest absolute Gasteiger partial charge is 0.105 e. The summed E-state index contributed by atoms with van der Waals surface area (Å²) in [5.74, 6) is 0. The molecule has 2 heterocycles. The number of rotatable bonds is 0. The molecule has 0 aromatic carbocycles. The fraction of sp³-hybridized carbons (Fsp3) is 0.571. The zero-order valence-electron chi connectivity index (χ0n) is 5.91. The van der Waals surface area contributed by atoms with E-state index in [1.54, 1.807) is 12.5 Å². The van der Waals surface area contributed by atoms with Crippen LogP contribution in [0.5, 0.6) is 0 Å². The Morgan fingerprint density at radius 2 is 2.60 bits per heavy atom. The number of aryl methyl sites for hydroxylation is 1. The van der Waals surface area contributed by atoms with Gasteiger partial charge in [0, 0.05) is 6.54 Å². The summed E-state index contributed by atoms with van der Waals surface area (Å²) in [6, 6.07) is 0. The van der Waals surface area contributed by atoms with Crippen LogP contribution in [-0.2, 0) is 12.1 Å². The van der Waals surface area contributed by atoms with E-state index in [1.807, 2.05) is 11.5 Å². The summed E-state index contributed by atoms with van der Waals surface area (Å²) in [5.41, 5.74) is 0.295. The van der Waals surface area contributed by atoms with E-state index in [4.69, 9.17) is 0 Å². The van der Waals surface area contributed by atoms with Crippen molar-refractivity contribution in [1.82, 2.24) is 9.55 Å². The number of hydrogen-bond acceptors (Lipinski definition) is 2. The van der Waals surface area contributed by atoms with Crippen LogP contribution in [-0.4, -0.2) is 14.7 Å². The second-order valence-corrected chi connectivity index (χ2v) is 3.00. The quantitative estimate of drug-likeness (QED) is 0.566. The molecule has 1 aliphatic heterocycles. The van der Waals surface area contributed by atoms with Crippen LogP contribution in [0.15, 0.2) is 12.5 Å². The third-order valence-corrected chi connectivity index (χ3v) is 2.10. The van der Waals surface area contributed by atoms with Crippen LogP contribution >= 0.6 is 0 Å². The Kier molecular flexibility index (Phi) is 0.951. The van der Waals surface area contributed by atoms with Crippen molar-refractivity contribution < 1.29 is 5.11 Å². The molecule has 1 aromatic rings. The lowest BCUT2D eigenvalue weighted by atomic mass is 10.0. The molecule has 0 amide bonds. The van der Waals surface area contributed by atoms with E-state index in [1.165, 1.54) is 0 Å². The first-order valence-electron chi connectivity index (χ1n) is 3.43. The maximum Gasteiger partial charge on any atom is 0.105 e. The highest BCUT2D eigenvalue weighted by molar-refractivity contribution is 5.12. The van der Waals surface area contributed by atoms with Crippen LogP contribution in [0.2, 0.25) is 0 Å². The van der Waals surface area contributed by atoms with Gasteiger partial charge in [0.25, 0.3) is 0 Å². The minimum atomic E-state index is -0.642. The summed E-state index contributed by atoms with van der Waals surface area (Å²) in [7, 11) is 0. The molecule has 0 bridgehead atoms. The third-order valence-electron chi connectivity index (χ3n) is 2.10. The molecule has 3 nitrogen and oxygen atoms in total. The Morgan fingerprint density at radius 3 is 3.30 bits per heavy atom. The zero-order valence-corrected chi connectivity index (χ0v) is 5.91. The maximum atomic E-state index is 9.67. The number of hydrogen-bond donors (Lipinski definition) is 1. The van der Waals surface area contributed by atoms with E-state index in [2.05, 4.69) is 4.98 Å². The highest BCUT2D eigenvalue weighted by Crippen LogP contribution is 2.30. The molecule has 1 N–H and O–H groups in total. The van der Waals surface area contributed by atoms with Crippen molar-refractivity contribution in [2.45, 2.75) is 25.5 Å². The van der Waals surface area contributed by atoms with Gasteiger partial charge in [-0.2, -0.15) is 0 Å². The standard InChI is InChI=1S/C7H10N2O/c1-7(10)2-3-9-5-8-4-6(7)9/h4-5,10H,2-3H2,1H3. The zero-order chi connectivity index (χ0) is 7.19. The highest BCUT2D eigenvalue weighted by atomic mass is 16.3. The minimum absolute atomic E-state index is 0.642. The van der Waals surface area contributed by atoms with E-state index >= 15 is 0 Å². The van der Waals surface area contributed by atoms with Gasteiger partial charge in [0.1, 0.15) is 5.60 Å². The van der Waals surface area contributed by atoms with E-state index in [0.717, 1.165) is 18.7 Å². The van der Waals surface area contributed by atoms with Crippen LogP contribution in [0.1, 0.15) is 19.0 Å². The van der Waals surface area contributed by atoms with Gasteiger partial charge in [0.2, 0.25) is 0 Å². The fourth-order valence-electron chi connectivity index (χ4n) is 1.41. The molecule has 0 fully saturated rings. The van der Waals surface area contributed by atoms with Crippen LogP contribution in [0.4, 0.5) is 0 Å². The van der Waals surface area contributed by atoms with Crippen LogP contribution in [0.25, 0.3) is 0 Å². The van der Waals surface area contributed by atoms with Gasteiger partial charge in [-0.15, -0.1) is 0 Å². The van der Waals surface area contributed by atoms with E-state index in [0.29, 0.717) is 0 Å². The third kappa shape index (κ3) is 0.609. The SMILES string of the molecule is CC1(O)CCn2cncc21. The summed E-state index contributed by atoms with van der Waals surface area (Å²) < 4.78 is 1.99. The average molecular weight is 138 g/mol. The second-order valence-electron chi connectivity index (χ2n) is 3.00.